The number of carbonyl (C=O) groups is 1. The van der Waals surface area contributed by atoms with Crippen LogP contribution in [0.15, 0.2) is 18.2 Å². The van der Waals surface area contributed by atoms with Gasteiger partial charge in [-0.25, -0.2) is 0 Å². The van der Waals surface area contributed by atoms with Crippen LogP contribution >= 0.6 is 0 Å². The molecule has 1 aromatic rings. The van der Waals surface area contributed by atoms with Crippen molar-refractivity contribution in [2.24, 2.45) is 5.92 Å². The number of ether oxygens (including phenoxy) is 2. The number of morpholine rings is 2. The molecule has 2 aliphatic heterocycles. The lowest BCUT2D eigenvalue weighted by Crippen LogP contribution is -2.38. The molecule has 4 rings (SSSR count). The second kappa shape index (κ2) is 8.93. The summed E-state index contributed by atoms with van der Waals surface area (Å²) < 4.78 is 11.0. The van der Waals surface area contributed by atoms with Gasteiger partial charge in [-0.3, -0.25) is 4.79 Å². The van der Waals surface area contributed by atoms with E-state index >= 15 is 0 Å². The molecular weight excluding hydrogens is 342 g/mol. The minimum Gasteiger partial charge on any atom is -0.378 e. The molecule has 0 atom stereocenters. The molecule has 148 valence electrons. The van der Waals surface area contributed by atoms with Gasteiger partial charge in [0.25, 0.3) is 0 Å². The van der Waals surface area contributed by atoms with Crippen LogP contribution in [0.4, 0.5) is 17.1 Å². The third kappa shape index (κ3) is 4.55. The number of hydrogen-bond acceptors (Lipinski definition) is 5. The lowest BCUT2D eigenvalue weighted by molar-refractivity contribution is -0.120. The topological polar surface area (TPSA) is 54.0 Å². The number of benzene rings is 1. The normalized spacial score (nSPS) is 21.9. The Hall–Kier alpha value is -1.79. The van der Waals surface area contributed by atoms with E-state index in [1.807, 2.05) is 0 Å². The number of hydrogen-bond donors (Lipinski definition) is 1. The van der Waals surface area contributed by atoms with Crippen LogP contribution in [0.2, 0.25) is 0 Å². The Balaban J connectivity index is 1.55. The summed E-state index contributed by atoms with van der Waals surface area (Å²) in [6.07, 6.45) is 5.64. The average Bonchev–Trinajstić information content (AvgIpc) is 2.76. The molecule has 3 aliphatic rings. The summed E-state index contributed by atoms with van der Waals surface area (Å²) in [7, 11) is 0. The monoisotopic (exact) mass is 373 g/mol. The van der Waals surface area contributed by atoms with Crippen LogP contribution in [0.25, 0.3) is 0 Å². The number of anilines is 3. The van der Waals surface area contributed by atoms with E-state index in [4.69, 9.17) is 9.47 Å². The Kier molecular flexibility index (Phi) is 6.14. The molecule has 2 saturated heterocycles. The maximum Gasteiger partial charge on any atom is 0.227 e. The molecule has 0 radical (unpaired) electrons. The summed E-state index contributed by atoms with van der Waals surface area (Å²) in [5, 5.41) is 3.24. The van der Waals surface area contributed by atoms with E-state index in [2.05, 4.69) is 33.3 Å². The maximum atomic E-state index is 12.8. The fourth-order valence-electron chi connectivity index (χ4n) is 4.31. The summed E-state index contributed by atoms with van der Waals surface area (Å²) in [6, 6.07) is 6.44. The highest BCUT2D eigenvalue weighted by Gasteiger charge is 2.24. The van der Waals surface area contributed by atoms with E-state index in [-0.39, 0.29) is 11.8 Å². The first-order valence-corrected chi connectivity index (χ1v) is 10.4. The summed E-state index contributed by atoms with van der Waals surface area (Å²) in [6.45, 7) is 6.56. The summed E-state index contributed by atoms with van der Waals surface area (Å²) >= 11 is 0. The van der Waals surface area contributed by atoms with Crippen molar-refractivity contribution in [1.82, 2.24) is 0 Å². The molecule has 1 saturated carbocycles. The quantitative estimate of drug-likeness (QED) is 0.880. The van der Waals surface area contributed by atoms with Crippen molar-refractivity contribution in [2.75, 3.05) is 67.7 Å². The van der Waals surface area contributed by atoms with Crippen LogP contribution in [0.3, 0.4) is 0 Å². The second-order valence-electron chi connectivity index (χ2n) is 7.72. The standard InChI is InChI=1S/C21H31N3O3/c25-21(17-4-2-1-3-5-17)22-19-7-6-18(23-8-12-26-13-9-23)16-20(19)24-10-14-27-15-11-24/h6-7,16-17H,1-5,8-15H2,(H,22,25). The van der Waals surface area contributed by atoms with Crippen LogP contribution in [-0.2, 0) is 14.3 Å². The molecule has 2 heterocycles. The first kappa shape index (κ1) is 18.6. The molecule has 6 nitrogen and oxygen atoms in total. The molecular formula is C21H31N3O3. The highest BCUT2D eigenvalue weighted by Crippen LogP contribution is 2.33. The molecule has 0 unspecified atom stereocenters. The van der Waals surface area contributed by atoms with Gasteiger partial charge in [-0.05, 0) is 31.0 Å². The molecule has 0 aromatic heterocycles. The third-order valence-electron chi connectivity index (χ3n) is 5.94. The van der Waals surface area contributed by atoms with Crippen molar-refractivity contribution in [2.45, 2.75) is 32.1 Å². The van der Waals surface area contributed by atoms with E-state index in [1.54, 1.807) is 0 Å². The predicted molar refractivity (Wildman–Crippen MR) is 108 cm³/mol. The summed E-state index contributed by atoms with van der Waals surface area (Å²) in [4.78, 5) is 17.5. The van der Waals surface area contributed by atoms with Crippen molar-refractivity contribution in [3.05, 3.63) is 18.2 Å². The average molecular weight is 373 g/mol. The van der Waals surface area contributed by atoms with Gasteiger partial charge in [0.1, 0.15) is 0 Å². The first-order valence-electron chi connectivity index (χ1n) is 10.4. The van der Waals surface area contributed by atoms with E-state index in [0.717, 1.165) is 76.8 Å². The molecule has 1 aromatic carbocycles. The van der Waals surface area contributed by atoms with Gasteiger partial charge in [0.2, 0.25) is 5.91 Å². The molecule has 1 N–H and O–H groups in total. The predicted octanol–water partition coefficient (Wildman–Crippen LogP) is 2.88. The maximum absolute atomic E-state index is 12.8. The van der Waals surface area contributed by atoms with Crippen LogP contribution in [0.1, 0.15) is 32.1 Å². The van der Waals surface area contributed by atoms with Crippen LogP contribution in [0, 0.1) is 5.92 Å². The third-order valence-corrected chi connectivity index (χ3v) is 5.94. The van der Waals surface area contributed by atoms with E-state index < -0.39 is 0 Å². The number of nitrogens with one attached hydrogen (secondary N) is 1. The van der Waals surface area contributed by atoms with Crippen molar-refractivity contribution in [3.63, 3.8) is 0 Å². The minimum absolute atomic E-state index is 0.162. The zero-order valence-corrected chi connectivity index (χ0v) is 16.1. The Labute approximate surface area is 161 Å². The molecule has 1 aliphatic carbocycles. The highest BCUT2D eigenvalue weighted by atomic mass is 16.5. The molecule has 0 spiro atoms. The van der Waals surface area contributed by atoms with E-state index in [1.165, 1.54) is 24.9 Å². The summed E-state index contributed by atoms with van der Waals surface area (Å²) in [5.74, 6) is 0.346. The minimum atomic E-state index is 0.162. The van der Waals surface area contributed by atoms with E-state index in [9.17, 15) is 4.79 Å². The van der Waals surface area contributed by atoms with Crippen LogP contribution in [-0.4, -0.2) is 58.5 Å². The number of nitrogens with zero attached hydrogens (tertiary/aromatic N) is 2. The van der Waals surface area contributed by atoms with Crippen molar-refractivity contribution in [3.8, 4) is 0 Å². The largest absolute Gasteiger partial charge is 0.378 e. The van der Waals surface area contributed by atoms with Gasteiger partial charge in [-0.2, -0.15) is 0 Å². The van der Waals surface area contributed by atoms with Gasteiger partial charge >= 0.3 is 0 Å². The number of rotatable bonds is 4. The first-order chi connectivity index (χ1) is 13.3. The highest BCUT2D eigenvalue weighted by molar-refractivity contribution is 5.96. The molecule has 1 amide bonds. The number of amides is 1. The van der Waals surface area contributed by atoms with Crippen molar-refractivity contribution >= 4 is 23.0 Å². The van der Waals surface area contributed by atoms with Gasteiger partial charge in [-0.1, -0.05) is 19.3 Å². The second-order valence-corrected chi connectivity index (χ2v) is 7.72. The zero-order chi connectivity index (χ0) is 18.5. The van der Waals surface area contributed by atoms with Gasteiger partial charge in [0, 0.05) is 37.8 Å². The van der Waals surface area contributed by atoms with Crippen molar-refractivity contribution in [1.29, 1.82) is 0 Å². The Morgan fingerprint density at radius 1 is 0.889 bits per heavy atom. The van der Waals surface area contributed by atoms with Crippen LogP contribution < -0.4 is 15.1 Å². The molecule has 27 heavy (non-hydrogen) atoms. The van der Waals surface area contributed by atoms with Crippen molar-refractivity contribution < 1.29 is 14.3 Å². The van der Waals surface area contributed by atoms with E-state index in [0.29, 0.717) is 0 Å². The lowest BCUT2D eigenvalue weighted by atomic mass is 9.88. The van der Waals surface area contributed by atoms with Crippen LogP contribution in [0.5, 0.6) is 0 Å². The number of carbonyl (C=O) groups excluding carboxylic acids is 1. The Morgan fingerprint density at radius 2 is 1.52 bits per heavy atom. The van der Waals surface area contributed by atoms with Gasteiger partial charge in [-0.15, -0.1) is 0 Å². The zero-order valence-electron chi connectivity index (χ0n) is 16.1. The smallest absolute Gasteiger partial charge is 0.227 e. The lowest BCUT2D eigenvalue weighted by Gasteiger charge is -2.34. The molecule has 0 bridgehead atoms. The molecule has 6 heteroatoms. The summed E-state index contributed by atoms with van der Waals surface area (Å²) in [5.41, 5.74) is 3.26. The van der Waals surface area contributed by atoms with Gasteiger partial charge in [0.15, 0.2) is 0 Å². The molecule has 3 fully saturated rings. The SMILES string of the molecule is O=C(Nc1ccc(N2CCOCC2)cc1N1CCOCC1)C1CCCCC1. The Bertz CT molecular complexity index is 634. The van der Waals surface area contributed by atoms with Gasteiger partial charge < -0.3 is 24.6 Å². The van der Waals surface area contributed by atoms with Gasteiger partial charge in [0.05, 0.1) is 37.8 Å². The Morgan fingerprint density at radius 3 is 2.19 bits per heavy atom. The fourth-order valence-corrected chi connectivity index (χ4v) is 4.31. The fraction of sp³-hybridized carbons (Fsp3) is 0.667.